The number of allylic oxidation sites excluding steroid dienone is 2. The van der Waals surface area contributed by atoms with Crippen molar-refractivity contribution in [2.75, 3.05) is 13.6 Å². The molecule has 0 fully saturated rings. The average molecular weight is 273 g/mol. The van der Waals surface area contributed by atoms with Gasteiger partial charge in [-0.3, -0.25) is 9.79 Å². The van der Waals surface area contributed by atoms with Gasteiger partial charge in [-0.15, -0.1) is 0 Å². The van der Waals surface area contributed by atoms with Gasteiger partial charge >= 0.3 is 6.18 Å². The second kappa shape index (κ2) is 4.40. The number of halogens is 3. The Hall–Kier alpha value is -1.79. The molecule has 19 heavy (non-hydrogen) atoms. The molecule has 0 saturated heterocycles. The molecular formula is C12H14F3N3O. The topological polar surface area (TPSA) is 44.7 Å². The van der Waals surface area contributed by atoms with E-state index in [4.69, 9.17) is 0 Å². The zero-order chi connectivity index (χ0) is 14.3. The molecule has 0 spiro atoms. The highest BCUT2D eigenvalue weighted by atomic mass is 19.4. The summed E-state index contributed by atoms with van der Waals surface area (Å²) in [5.74, 6) is -0.177. The molecule has 2 aliphatic rings. The van der Waals surface area contributed by atoms with Crippen LogP contribution >= 0.6 is 0 Å². The molecule has 7 heteroatoms. The minimum Gasteiger partial charge on any atom is -0.380 e. The quantitative estimate of drug-likeness (QED) is 0.830. The van der Waals surface area contributed by atoms with E-state index in [1.807, 2.05) is 0 Å². The van der Waals surface area contributed by atoms with Crippen LogP contribution in [0.5, 0.6) is 0 Å². The van der Waals surface area contributed by atoms with Crippen LogP contribution < -0.4 is 5.32 Å². The first-order valence-corrected chi connectivity index (χ1v) is 5.76. The average Bonchev–Trinajstić information content (AvgIpc) is 2.31. The van der Waals surface area contributed by atoms with E-state index < -0.39 is 18.3 Å². The molecule has 0 aromatic heterocycles. The Kier molecular flexibility index (Phi) is 3.15. The lowest BCUT2D eigenvalue weighted by atomic mass is 9.82. The summed E-state index contributed by atoms with van der Waals surface area (Å²) < 4.78 is 36.5. The van der Waals surface area contributed by atoms with E-state index in [0.717, 1.165) is 0 Å². The van der Waals surface area contributed by atoms with Gasteiger partial charge in [-0.2, -0.15) is 13.2 Å². The molecular weight excluding hydrogens is 259 g/mol. The van der Waals surface area contributed by atoms with Crippen molar-refractivity contribution in [1.29, 1.82) is 0 Å². The molecule has 4 nitrogen and oxygen atoms in total. The van der Waals surface area contributed by atoms with E-state index in [9.17, 15) is 18.0 Å². The van der Waals surface area contributed by atoms with Crippen LogP contribution in [0, 0.1) is 0 Å². The van der Waals surface area contributed by atoms with Gasteiger partial charge in [0.15, 0.2) is 0 Å². The smallest absolute Gasteiger partial charge is 0.380 e. The maximum absolute atomic E-state index is 12.2. The first-order chi connectivity index (χ1) is 8.71. The van der Waals surface area contributed by atoms with Crippen LogP contribution in [0.25, 0.3) is 0 Å². The van der Waals surface area contributed by atoms with Crippen LogP contribution in [0.2, 0.25) is 0 Å². The highest BCUT2D eigenvalue weighted by Crippen LogP contribution is 2.35. The lowest BCUT2D eigenvalue weighted by molar-refractivity contribution is -0.125. The van der Waals surface area contributed by atoms with E-state index in [-0.39, 0.29) is 12.3 Å². The molecule has 0 saturated carbocycles. The molecule has 1 N–H and O–H groups in total. The summed E-state index contributed by atoms with van der Waals surface area (Å²) >= 11 is 0. The van der Waals surface area contributed by atoms with Crippen molar-refractivity contribution >= 4 is 12.2 Å². The number of carbonyl (C=O) groups is 1. The number of likely N-dealkylation sites (N-methyl/N-ethyl adjacent to an activating group) is 1. The highest BCUT2D eigenvalue weighted by Gasteiger charge is 2.39. The molecule has 1 atom stereocenters. The first-order valence-electron chi connectivity index (χ1n) is 5.76. The number of hydrogen-bond acceptors (Lipinski definition) is 3. The molecule has 1 heterocycles. The summed E-state index contributed by atoms with van der Waals surface area (Å²) in [7, 11) is 1.59. The minimum atomic E-state index is -4.27. The Labute approximate surface area is 108 Å². The van der Waals surface area contributed by atoms with Crippen molar-refractivity contribution in [1.82, 2.24) is 10.2 Å². The van der Waals surface area contributed by atoms with Gasteiger partial charge < -0.3 is 10.2 Å². The van der Waals surface area contributed by atoms with E-state index >= 15 is 0 Å². The number of rotatable bonds is 2. The van der Waals surface area contributed by atoms with Crippen LogP contribution in [0.1, 0.15) is 13.3 Å². The second-order valence-corrected chi connectivity index (χ2v) is 4.85. The number of hydrogen-bond donors (Lipinski definition) is 1. The third kappa shape index (κ3) is 2.80. The van der Waals surface area contributed by atoms with Crippen molar-refractivity contribution in [3.8, 4) is 0 Å². The summed E-state index contributed by atoms with van der Waals surface area (Å²) in [5, 5.41) is 2.34. The second-order valence-electron chi connectivity index (χ2n) is 4.85. The Morgan fingerprint density at radius 2 is 2.16 bits per heavy atom. The zero-order valence-corrected chi connectivity index (χ0v) is 10.6. The Morgan fingerprint density at radius 3 is 2.79 bits per heavy atom. The molecule has 1 unspecified atom stereocenters. The molecule has 1 amide bonds. The van der Waals surface area contributed by atoms with Gasteiger partial charge in [0.25, 0.3) is 5.91 Å². The number of amides is 1. The fourth-order valence-corrected chi connectivity index (χ4v) is 2.10. The van der Waals surface area contributed by atoms with Gasteiger partial charge in [0.1, 0.15) is 6.54 Å². The van der Waals surface area contributed by atoms with Gasteiger partial charge in [0, 0.05) is 24.7 Å². The molecule has 1 aliphatic heterocycles. The lowest BCUT2D eigenvalue weighted by Crippen LogP contribution is -2.45. The van der Waals surface area contributed by atoms with Crippen molar-refractivity contribution in [2.24, 2.45) is 4.99 Å². The summed E-state index contributed by atoms with van der Waals surface area (Å²) in [6.07, 6.45) is 0.446. The third-order valence-corrected chi connectivity index (χ3v) is 3.15. The molecule has 0 radical (unpaired) electrons. The molecule has 0 aromatic rings. The van der Waals surface area contributed by atoms with Gasteiger partial charge in [0.2, 0.25) is 0 Å². The molecule has 2 rings (SSSR count). The van der Waals surface area contributed by atoms with Crippen molar-refractivity contribution < 1.29 is 18.0 Å². The van der Waals surface area contributed by atoms with Gasteiger partial charge in [-0.25, -0.2) is 0 Å². The Morgan fingerprint density at radius 1 is 1.47 bits per heavy atom. The number of carbonyl (C=O) groups excluding carboxylic acids is 1. The third-order valence-electron chi connectivity index (χ3n) is 3.15. The number of nitrogens with one attached hydrogen (secondary N) is 1. The van der Waals surface area contributed by atoms with E-state index in [1.54, 1.807) is 14.0 Å². The van der Waals surface area contributed by atoms with Crippen molar-refractivity contribution in [3.63, 3.8) is 0 Å². The zero-order valence-electron chi connectivity index (χ0n) is 10.6. The molecule has 0 bridgehead atoms. The van der Waals surface area contributed by atoms with Gasteiger partial charge in [-0.05, 0) is 19.1 Å². The van der Waals surface area contributed by atoms with Crippen LogP contribution in [0.15, 0.2) is 28.4 Å². The molecule has 104 valence electrons. The minimum absolute atomic E-state index is 0.177. The van der Waals surface area contributed by atoms with Crippen LogP contribution in [-0.4, -0.2) is 42.5 Å². The summed E-state index contributed by atoms with van der Waals surface area (Å²) in [4.78, 5) is 17.5. The van der Waals surface area contributed by atoms with Crippen molar-refractivity contribution in [3.05, 3.63) is 23.4 Å². The SMILES string of the molecule is CN1C=NC2(C)CC(NCC(F)(F)F)=CC=C2C1=O. The highest BCUT2D eigenvalue weighted by molar-refractivity contribution is 6.04. The number of alkyl halides is 3. The fourth-order valence-electron chi connectivity index (χ4n) is 2.10. The van der Waals surface area contributed by atoms with Crippen molar-refractivity contribution in [2.45, 2.75) is 25.1 Å². The normalized spacial score (nSPS) is 26.8. The summed E-state index contributed by atoms with van der Waals surface area (Å²) in [5.41, 5.74) is 0.139. The van der Waals surface area contributed by atoms with Gasteiger partial charge in [-0.1, -0.05) is 0 Å². The number of nitrogens with zero attached hydrogens (tertiary/aromatic N) is 2. The summed E-state index contributed by atoms with van der Waals surface area (Å²) in [6.45, 7) is 0.651. The molecule has 1 aliphatic carbocycles. The van der Waals surface area contributed by atoms with Crippen LogP contribution in [0.3, 0.4) is 0 Å². The Balaban J connectivity index is 2.18. The van der Waals surface area contributed by atoms with E-state index in [0.29, 0.717) is 11.3 Å². The Bertz CT molecular complexity index is 493. The first kappa shape index (κ1) is 13.6. The predicted octanol–water partition coefficient (Wildman–Crippen LogP) is 1.61. The van der Waals surface area contributed by atoms with Crippen LogP contribution in [-0.2, 0) is 4.79 Å². The fraction of sp³-hybridized carbons (Fsp3) is 0.500. The largest absolute Gasteiger partial charge is 0.405 e. The standard InChI is InChI=1S/C12H14F3N3O/c1-11-5-8(16-6-12(13,14)15)3-4-9(11)10(19)18(2)7-17-11/h3-4,7,16H,5-6H2,1-2H3. The van der Waals surface area contributed by atoms with E-state index in [2.05, 4.69) is 10.3 Å². The monoisotopic (exact) mass is 273 g/mol. The van der Waals surface area contributed by atoms with E-state index in [1.165, 1.54) is 23.4 Å². The lowest BCUT2D eigenvalue weighted by Gasteiger charge is -2.36. The maximum atomic E-state index is 12.2. The molecule has 0 aromatic carbocycles. The van der Waals surface area contributed by atoms with Crippen LogP contribution in [0.4, 0.5) is 13.2 Å². The van der Waals surface area contributed by atoms with Gasteiger partial charge in [0.05, 0.1) is 11.9 Å². The maximum Gasteiger partial charge on any atom is 0.405 e. The number of fused-ring (bicyclic) bond motifs is 1. The number of aliphatic imine (C=N–C) groups is 1. The predicted molar refractivity (Wildman–Crippen MR) is 64.5 cm³/mol. The summed E-state index contributed by atoms with van der Waals surface area (Å²) in [6, 6.07) is 0.